The van der Waals surface area contributed by atoms with Gasteiger partial charge in [-0.25, -0.2) is 0 Å². The number of hydrogen-bond donors (Lipinski definition) is 3. The Morgan fingerprint density at radius 3 is 2.35 bits per heavy atom. The van der Waals surface area contributed by atoms with E-state index in [2.05, 4.69) is 0 Å². The SMILES string of the molecule is N[C@@H](C(=O)O)[C@@H](O)Cc1ccc([N+](=O)[O-])cc1. The van der Waals surface area contributed by atoms with E-state index in [1.54, 1.807) is 0 Å². The summed E-state index contributed by atoms with van der Waals surface area (Å²) in [5.74, 6) is -1.29. The number of nitro groups is 1. The van der Waals surface area contributed by atoms with Gasteiger partial charge >= 0.3 is 5.97 Å². The van der Waals surface area contributed by atoms with Gasteiger partial charge in [-0.3, -0.25) is 14.9 Å². The van der Waals surface area contributed by atoms with E-state index in [4.69, 9.17) is 10.8 Å². The first kappa shape index (κ1) is 13.1. The van der Waals surface area contributed by atoms with Crippen molar-refractivity contribution in [1.29, 1.82) is 0 Å². The van der Waals surface area contributed by atoms with Crippen LogP contribution in [-0.4, -0.2) is 33.3 Å². The van der Waals surface area contributed by atoms with Crippen molar-refractivity contribution in [3.8, 4) is 0 Å². The summed E-state index contributed by atoms with van der Waals surface area (Å²) in [6.07, 6.45) is -1.19. The molecule has 0 aromatic heterocycles. The van der Waals surface area contributed by atoms with Crippen molar-refractivity contribution in [2.75, 3.05) is 0 Å². The Kier molecular flexibility index (Phi) is 4.13. The van der Waals surface area contributed by atoms with E-state index in [-0.39, 0.29) is 12.1 Å². The van der Waals surface area contributed by atoms with Crippen molar-refractivity contribution in [3.05, 3.63) is 39.9 Å². The fraction of sp³-hybridized carbons (Fsp3) is 0.300. The fourth-order valence-electron chi connectivity index (χ4n) is 1.29. The Morgan fingerprint density at radius 1 is 1.41 bits per heavy atom. The maximum atomic E-state index is 10.5. The highest BCUT2D eigenvalue weighted by atomic mass is 16.6. The fourth-order valence-corrected chi connectivity index (χ4v) is 1.29. The van der Waals surface area contributed by atoms with Crippen LogP contribution in [0.15, 0.2) is 24.3 Å². The minimum atomic E-state index is -1.37. The van der Waals surface area contributed by atoms with Crippen LogP contribution in [0.3, 0.4) is 0 Å². The van der Waals surface area contributed by atoms with Crippen molar-refractivity contribution in [2.24, 2.45) is 5.73 Å². The van der Waals surface area contributed by atoms with E-state index in [9.17, 15) is 20.0 Å². The number of hydrogen-bond acceptors (Lipinski definition) is 5. The number of aliphatic hydroxyl groups is 1. The van der Waals surface area contributed by atoms with Crippen molar-refractivity contribution < 1.29 is 19.9 Å². The van der Waals surface area contributed by atoms with Gasteiger partial charge < -0.3 is 15.9 Å². The molecule has 0 unspecified atom stereocenters. The first-order chi connectivity index (χ1) is 7.91. The first-order valence-corrected chi connectivity index (χ1v) is 4.81. The minimum Gasteiger partial charge on any atom is -0.480 e. The molecule has 0 saturated carbocycles. The number of benzene rings is 1. The number of nitro benzene ring substituents is 1. The third-order valence-electron chi connectivity index (χ3n) is 2.29. The number of carboxylic acids is 1. The highest BCUT2D eigenvalue weighted by Gasteiger charge is 2.22. The Balaban J connectivity index is 2.69. The molecular formula is C10H12N2O5. The van der Waals surface area contributed by atoms with Gasteiger partial charge in [0, 0.05) is 18.6 Å². The number of rotatable bonds is 5. The molecule has 0 saturated heterocycles. The molecule has 0 bridgehead atoms. The molecule has 0 amide bonds. The third-order valence-corrected chi connectivity index (χ3v) is 2.29. The van der Waals surface area contributed by atoms with Crippen molar-refractivity contribution >= 4 is 11.7 Å². The van der Waals surface area contributed by atoms with Gasteiger partial charge in [0.05, 0.1) is 11.0 Å². The number of aliphatic hydroxyl groups excluding tert-OH is 1. The molecule has 7 nitrogen and oxygen atoms in total. The van der Waals surface area contributed by atoms with Gasteiger partial charge in [-0.1, -0.05) is 12.1 Å². The zero-order valence-corrected chi connectivity index (χ0v) is 8.81. The lowest BCUT2D eigenvalue weighted by Gasteiger charge is -2.14. The average molecular weight is 240 g/mol. The van der Waals surface area contributed by atoms with Crippen LogP contribution in [0.2, 0.25) is 0 Å². The van der Waals surface area contributed by atoms with Crippen molar-refractivity contribution in [3.63, 3.8) is 0 Å². The first-order valence-electron chi connectivity index (χ1n) is 4.81. The second-order valence-electron chi connectivity index (χ2n) is 3.56. The highest BCUT2D eigenvalue weighted by molar-refractivity contribution is 5.73. The summed E-state index contributed by atoms with van der Waals surface area (Å²) in [7, 11) is 0. The topological polar surface area (TPSA) is 127 Å². The van der Waals surface area contributed by atoms with Gasteiger partial charge in [0.25, 0.3) is 5.69 Å². The Hall–Kier alpha value is -1.99. The van der Waals surface area contributed by atoms with E-state index in [1.165, 1.54) is 24.3 Å². The molecule has 1 aromatic rings. The van der Waals surface area contributed by atoms with Crippen LogP contribution in [0.1, 0.15) is 5.56 Å². The predicted octanol–water partition coefficient (Wildman–Crippen LogP) is -0.0899. The zero-order chi connectivity index (χ0) is 13.0. The van der Waals surface area contributed by atoms with Crippen molar-refractivity contribution in [1.82, 2.24) is 0 Å². The van der Waals surface area contributed by atoms with Gasteiger partial charge in [0.15, 0.2) is 0 Å². The standard InChI is InChI=1S/C10H12N2O5/c11-9(10(14)15)8(13)5-6-1-3-7(4-2-6)12(16)17/h1-4,8-9,13H,5,11H2,(H,14,15)/t8-,9+/m0/s1. The number of aliphatic carboxylic acids is 1. The smallest absolute Gasteiger partial charge is 0.323 e. The highest BCUT2D eigenvalue weighted by Crippen LogP contribution is 2.13. The van der Waals surface area contributed by atoms with Crippen molar-refractivity contribution in [2.45, 2.75) is 18.6 Å². The molecule has 1 rings (SSSR count). The molecule has 0 radical (unpaired) electrons. The molecule has 1 aromatic carbocycles. The summed E-state index contributed by atoms with van der Waals surface area (Å²) in [5, 5.41) is 28.4. The number of non-ortho nitro benzene ring substituents is 1. The Labute approximate surface area is 96.6 Å². The Bertz CT molecular complexity index is 417. The number of nitrogens with zero attached hydrogens (tertiary/aromatic N) is 1. The van der Waals surface area contributed by atoms with Crippen LogP contribution < -0.4 is 5.73 Å². The average Bonchev–Trinajstić information content (AvgIpc) is 2.28. The molecular weight excluding hydrogens is 228 g/mol. The van der Waals surface area contributed by atoms with E-state index < -0.39 is 23.0 Å². The van der Waals surface area contributed by atoms with Crippen LogP contribution in [0.5, 0.6) is 0 Å². The normalized spacial score (nSPS) is 14.0. The number of nitrogens with two attached hydrogens (primary N) is 1. The maximum absolute atomic E-state index is 10.5. The summed E-state index contributed by atoms with van der Waals surface area (Å²) < 4.78 is 0. The molecule has 92 valence electrons. The van der Waals surface area contributed by atoms with E-state index in [1.807, 2.05) is 0 Å². The third kappa shape index (κ3) is 3.51. The van der Waals surface area contributed by atoms with Gasteiger partial charge in [-0.2, -0.15) is 0 Å². The largest absolute Gasteiger partial charge is 0.480 e. The van der Waals surface area contributed by atoms with Crippen LogP contribution in [0.25, 0.3) is 0 Å². The van der Waals surface area contributed by atoms with Crippen LogP contribution in [-0.2, 0) is 11.2 Å². The molecule has 0 heterocycles. The number of carbonyl (C=O) groups is 1. The van der Waals surface area contributed by atoms with Crippen LogP contribution in [0.4, 0.5) is 5.69 Å². The summed E-state index contributed by atoms with van der Waals surface area (Å²) in [6.45, 7) is 0. The van der Waals surface area contributed by atoms with E-state index in [0.29, 0.717) is 5.56 Å². The number of carboxylic acid groups (broad SMARTS) is 1. The monoisotopic (exact) mass is 240 g/mol. The lowest BCUT2D eigenvalue weighted by molar-refractivity contribution is -0.384. The van der Waals surface area contributed by atoms with Gasteiger partial charge in [0.1, 0.15) is 6.04 Å². The van der Waals surface area contributed by atoms with Gasteiger partial charge in [-0.15, -0.1) is 0 Å². The molecule has 0 aliphatic heterocycles. The summed E-state index contributed by atoms with van der Waals surface area (Å²) >= 11 is 0. The summed E-state index contributed by atoms with van der Waals surface area (Å²) in [4.78, 5) is 20.4. The zero-order valence-electron chi connectivity index (χ0n) is 8.81. The van der Waals surface area contributed by atoms with E-state index >= 15 is 0 Å². The predicted molar refractivity (Wildman–Crippen MR) is 58.4 cm³/mol. The molecule has 0 fully saturated rings. The second kappa shape index (κ2) is 5.37. The summed E-state index contributed by atoms with van der Waals surface area (Å²) in [5.41, 5.74) is 5.75. The lowest BCUT2D eigenvalue weighted by atomic mass is 10.0. The molecule has 2 atom stereocenters. The van der Waals surface area contributed by atoms with E-state index in [0.717, 1.165) is 0 Å². The summed E-state index contributed by atoms with van der Waals surface area (Å²) in [6, 6.07) is 4.11. The molecule has 7 heteroatoms. The molecule has 4 N–H and O–H groups in total. The van der Waals surface area contributed by atoms with Gasteiger partial charge in [-0.05, 0) is 5.56 Å². The quantitative estimate of drug-likeness (QED) is 0.487. The molecule has 0 aliphatic rings. The van der Waals surface area contributed by atoms with Gasteiger partial charge in [0.2, 0.25) is 0 Å². The minimum absolute atomic E-state index is 0.0332. The molecule has 0 aliphatic carbocycles. The lowest BCUT2D eigenvalue weighted by Crippen LogP contribution is -2.42. The van der Waals surface area contributed by atoms with Crippen LogP contribution >= 0.6 is 0 Å². The maximum Gasteiger partial charge on any atom is 0.323 e. The molecule has 17 heavy (non-hydrogen) atoms. The second-order valence-corrected chi connectivity index (χ2v) is 3.56. The Morgan fingerprint density at radius 2 is 1.94 bits per heavy atom. The van der Waals surface area contributed by atoms with Crippen LogP contribution in [0, 0.1) is 10.1 Å². The molecule has 0 spiro atoms.